The van der Waals surface area contributed by atoms with Crippen molar-refractivity contribution >= 4 is 11.7 Å². The first-order valence-electron chi connectivity index (χ1n) is 9.95. The summed E-state index contributed by atoms with van der Waals surface area (Å²) in [6.45, 7) is 7.20. The molecule has 8 heteroatoms. The number of morpholine rings is 1. The third-order valence-electron chi connectivity index (χ3n) is 4.74. The molecule has 0 unspecified atom stereocenters. The molecule has 3 rings (SSSR count). The van der Waals surface area contributed by atoms with Crippen LogP contribution >= 0.6 is 0 Å². The third-order valence-corrected chi connectivity index (χ3v) is 4.74. The fourth-order valence-electron chi connectivity index (χ4n) is 3.18. The van der Waals surface area contributed by atoms with Crippen molar-refractivity contribution in [3.05, 3.63) is 47.4 Å². The van der Waals surface area contributed by atoms with Gasteiger partial charge in [-0.05, 0) is 31.0 Å². The zero-order valence-corrected chi connectivity index (χ0v) is 17.1. The lowest BCUT2D eigenvalue weighted by Gasteiger charge is -2.26. The van der Waals surface area contributed by atoms with Gasteiger partial charge in [0.2, 0.25) is 0 Å². The number of anilines is 1. The number of carbonyl (C=O) groups is 1. The van der Waals surface area contributed by atoms with Gasteiger partial charge >= 0.3 is 0 Å². The summed E-state index contributed by atoms with van der Waals surface area (Å²) in [5, 5.41) is 6.22. The van der Waals surface area contributed by atoms with Gasteiger partial charge in [0.05, 0.1) is 20.3 Å². The number of hydrogen-bond donors (Lipinski definition) is 2. The molecule has 1 fully saturated rings. The van der Waals surface area contributed by atoms with Gasteiger partial charge in [0.15, 0.2) is 0 Å². The lowest BCUT2D eigenvalue weighted by atomic mass is 10.1. The molecule has 1 aromatic heterocycles. The lowest BCUT2D eigenvalue weighted by molar-refractivity contribution is 0.0383. The predicted molar refractivity (Wildman–Crippen MR) is 112 cm³/mol. The Labute approximate surface area is 171 Å². The summed E-state index contributed by atoms with van der Waals surface area (Å²) >= 11 is 0. The van der Waals surface area contributed by atoms with Crippen molar-refractivity contribution in [2.24, 2.45) is 0 Å². The zero-order chi connectivity index (χ0) is 20.5. The smallest absolute Gasteiger partial charge is 0.270 e. The maximum Gasteiger partial charge on any atom is 0.270 e. The first kappa shape index (κ1) is 21.0. The van der Waals surface area contributed by atoms with Gasteiger partial charge < -0.3 is 20.1 Å². The maximum atomic E-state index is 12.5. The van der Waals surface area contributed by atoms with Crippen LogP contribution in [0.5, 0.6) is 5.75 Å². The third kappa shape index (κ3) is 6.69. The SMILES string of the molecule is COc1cccc(CCNc2cc(C(=O)NCCN3CCOCC3)nc(C)n2)c1. The molecule has 156 valence electrons. The van der Waals surface area contributed by atoms with Crippen LogP contribution in [0.15, 0.2) is 30.3 Å². The number of rotatable bonds is 9. The second-order valence-electron chi connectivity index (χ2n) is 6.92. The highest BCUT2D eigenvalue weighted by molar-refractivity contribution is 5.92. The highest BCUT2D eigenvalue weighted by Crippen LogP contribution is 2.13. The average Bonchev–Trinajstić information content (AvgIpc) is 2.74. The average molecular weight is 399 g/mol. The second-order valence-corrected chi connectivity index (χ2v) is 6.92. The molecule has 1 aromatic carbocycles. The highest BCUT2D eigenvalue weighted by atomic mass is 16.5. The van der Waals surface area contributed by atoms with E-state index in [-0.39, 0.29) is 5.91 Å². The van der Waals surface area contributed by atoms with Gasteiger partial charge in [0.25, 0.3) is 5.91 Å². The van der Waals surface area contributed by atoms with Crippen LogP contribution in [0.4, 0.5) is 5.82 Å². The van der Waals surface area contributed by atoms with Gasteiger partial charge in [0.1, 0.15) is 23.1 Å². The summed E-state index contributed by atoms with van der Waals surface area (Å²) in [5.41, 5.74) is 1.55. The standard InChI is InChI=1S/C21H29N5O3/c1-16-24-19(21(27)23-8-9-26-10-12-29-13-11-26)15-20(25-16)22-7-6-17-4-3-5-18(14-17)28-2/h3-5,14-15H,6-13H2,1-2H3,(H,23,27)(H,22,24,25). The van der Waals surface area contributed by atoms with Crippen LogP contribution in [0.3, 0.4) is 0 Å². The summed E-state index contributed by atoms with van der Waals surface area (Å²) in [6.07, 6.45) is 0.821. The van der Waals surface area contributed by atoms with Crippen molar-refractivity contribution in [1.29, 1.82) is 0 Å². The first-order chi connectivity index (χ1) is 14.1. The minimum Gasteiger partial charge on any atom is -0.497 e. The van der Waals surface area contributed by atoms with Gasteiger partial charge in [-0.2, -0.15) is 0 Å². The summed E-state index contributed by atoms with van der Waals surface area (Å²) < 4.78 is 10.6. The number of aryl methyl sites for hydroxylation is 1. The Balaban J connectivity index is 1.49. The quantitative estimate of drug-likeness (QED) is 0.661. The van der Waals surface area contributed by atoms with Gasteiger partial charge in [-0.15, -0.1) is 0 Å². The molecule has 2 aromatic rings. The lowest BCUT2D eigenvalue weighted by Crippen LogP contribution is -2.41. The predicted octanol–water partition coefficient (Wildman–Crippen LogP) is 1.51. The van der Waals surface area contributed by atoms with E-state index in [9.17, 15) is 4.79 Å². The van der Waals surface area contributed by atoms with Crippen LogP contribution < -0.4 is 15.4 Å². The molecule has 8 nitrogen and oxygen atoms in total. The molecule has 0 spiro atoms. The number of carbonyl (C=O) groups excluding carboxylic acids is 1. The molecule has 2 N–H and O–H groups in total. The molecule has 0 aliphatic carbocycles. The molecule has 1 saturated heterocycles. The summed E-state index contributed by atoms with van der Waals surface area (Å²) in [7, 11) is 1.66. The van der Waals surface area contributed by atoms with Crippen LogP contribution in [0.1, 0.15) is 21.9 Å². The van der Waals surface area contributed by atoms with E-state index in [0.29, 0.717) is 30.4 Å². The van der Waals surface area contributed by atoms with E-state index in [0.717, 1.165) is 45.0 Å². The normalized spacial score (nSPS) is 14.4. The number of aromatic nitrogens is 2. The Morgan fingerprint density at radius 2 is 2.03 bits per heavy atom. The van der Waals surface area contributed by atoms with E-state index in [1.807, 2.05) is 18.2 Å². The molecule has 29 heavy (non-hydrogen) atoms. The summed E-state index contributed by atoms with van der Waals surface area (Å²) in [6, 6.07) is 9.67. The highest BCUT2D eigenvalue weighted by Gasteiger charge is 2.13. The van der Waals surface area contributed by atoms with E-state index in [2.05, 4.69) is 31.6 Å². The van der Waals surface area contributed by atoms with Crippen LogP contribution in [-0.4, -0.2) is 73.8 Å². The molecule has 1 aliphatic rings. The number of amides is 1. The van der Waals surface area contributed by atoms with Gasteiger partial charge in [-0.3, -0.25) is 9.69 Å². The monoisotopic (exact) mass is 399 g/mol. The van der Waals surface area contributed by atoms with E-state index >= 15 is 0 Å². The molecular formula is C21H29N5O3. The van der Waals surface area contributed by atoms with E-state index in [1.165, 1.54) is 5.56 Å². The molecule has 0 atom stereocenters. The van der Waals surface area contributed by atoms with Crippen molar-refractivity contribution in [1.82, 2.24) is 20.2 Å². The topological polar surface area (TPSA) is 88.6 Å². The molecule has 2 heterocycles. The Bertz CT molecular complexity index is 809. The first-order valence-corrected chi connectivity index (χ1v) is 9.95. The molecule has 0 radical (unpaired) electrons. The number of nitrogens with zero attached hydrogens (tertiary/aromatic N) is 3. The summed E-state index contributed by atoms with van der Waals surface area (Å²) in [5.74, 6) is 1.88. The van der Waals surface area contributed by atoms with Crippen molar-refractivity contribution in [3.63, 3.8) is 0 Å². The number of nitrogens with one attached hydrogen (secondary N) is 2. The van der Waals surface area contributed by atoms with Crippen LogP contribution in [0.2, 0.25) is 0 Å². The molecular weight excluding hydrogens is 370 g/mol. The van der Waals surface area contributed by atoms with Crippen LogP contribution in [0, 0.1) is 6.92 Å². The number of benzene rings is 1. The molecule has 1 amide bonds. The fourth-order valence-corrected chi connectivity index (χ4v) is 3.18. The number of hydrogen-bond acceptors (Lipinski definition) is 7. The van der Waals surface area contributed by atoms with Crippen molar-refractivity contribution in [2.75, 3.05) is 58.4 Å². The van der Waals surface area contributed by atoms with Crippen molar-refractivity contribution in [2.45, 2.75) is 13.3 Å². The second kappa shape index (κ2) is 10.7. The van der Waals surface area contributed by atoms with Crippen LogP contribution in [-0.2, 0) is 11.2 Å². The minimum absolute atomic E-state index is 0.181. The number of ether oxygens (including phenoxy) is 2. The van der Waals surface area contributed by atoms with E-state index in [1.54, 1.807) is 20.1 Å². The molecule has 0 bridgehead atoms. The van der Waals surface area contributed by atoms with Crippen LogP contribution in [0.25, 0.3) is 0 Å². The Morgan fingerprint density at radius 1 is 1.21 bits per heavy atom. The van der Waals surface area contributed by atoms with E-state index in [4.69, 9.17) is 9.47 Å². The van der Waals surface area contributed by atoms with Gasteiger partial charge in [0, 0.05) is 38.8 Å². The van der Waals surface area contributed by atoms with Crippen molar-refractivity contribution < 1.29 is 14.3 Å². The Morgan fingerprint density at radius 3 is 2.83 bits per heavy atom. The number of methoxy groups -OCH3 is 1. The largest absolute Gasteiger partial charge is 0.497 e. The molecule has 0 saturated carbocycles. The summed E-state index contributed by atoms with van der Waals surface area (Å²) in [4.78, 5) is 23.4. The zero-order valence-electron chi connectivity index (χ0n) is 17.1. The van der Waals surface area contributed by atoms with E-state index < -0.39 is 0 Å². The Hall–Kier alpha value is -2.71. The van der Waals surface area contributed by atoms with Crippen molar-refractivity contribution in [3.8, 4) is 5.75 Å². The maximum absolute atomic E-state index is 12.5. The minimum atomic E-state index is -0.181. The van der Waals surface area contributed by atoms with Gasteiger partial charge in [-0.25, -0.2) is 9.97 Å². The Kier molecular flexibility index (Phi) is 7.77. The van der Waals surface area contributed by atoms with Gasteiger partial charge in [-0.1, -0.05) is 12.1 Å². The molecule has 1 aliphatic heterocycles. The fraction of sp³-hybridized carbons (Fsp3) is 0.476.